The monoisotopic (exact) mass is 1250 g/mol. The van der Waals surface area contributed by atoms with Gasteiger partial charge in [0, 0.05) is 70.0 Å². The lowest BCUT2D eigenvalue weighted by molar-refractivity contribution is -0.134. The van der Waals surface area contributed by atoms with Crippen molar-refractivity contribution >= 4 is 75.8 Å². The number of amides is 10. The third-order valence-electron chi connectivity index (χ3n) is 17.1. The largest absolute Gasteiger partial charge is 0.370 e. The van der Waals surface area contributed by atoms with E-state index in [-0.39, 0.29) is 81.2 Å². The summed E-state index contributed by atoms with van der Waals surface area (Å²) < 4.78 is 0. The molecule has 0 spiro atoms. The molecule has 3 aromatic rings. The van der Waals surface area contributed by atoms with Crippen LogP contribution < -0.4 is 76.1 Å². The summed E-state index contributed by atoms with van der Waals surface area (Å²) in [4.78, 5) is 142. The van der Waals surface area contributed by atoms with Gasteiger partial charge in [-0.2, -0.15) is 0 Å². The molecule has 0 radical (unpaired) electrons. The van der Waals surface area contributed by atoms with E-state index >= 15 is 0 Å². The quantitative estimate of drug-likeness (QED) is 0.0223. The Morgan fingerprint density at radius 1 is 0.600 bits per heavy atom. The molecular weight excluding hydrogens is 1150 g/mol. The minimum absolute atomic E-state index is 0.0192. The van der Waals surface area contributed by atoms with Crippen molar-refractivity contribution in [3.8, 4) is 0 Å². The van der Waals surface area contributed by atoms with Crippen LogP contribution in [0.4, 0.5) is 0 Å². The normalized spacial score (nSPS) is 20.5. The number of nitrogens with one attached hydrogen (secondary N) is 10. The molecule has 6 unspecified atom stereocenters. The molecule has 3 aromatic carbocycles. The van der Waals surface area contributed by atoms with Crippen LogP contribution >= 0.6 is 0 Å². The molecule has 25 nitrogen and oxygen atoms in total. The number of hydrogen-bond donors (Lipinski definition) is 14. The predicted molar refractivity (Wildman–Crippen MR) is 343 cm³/mol. The fourth-order valence-electron chi connectivity index (χ4n) is 12.5. The maximum atomic E-state index is 14.4. The van der Waals surface area contributed by atoms with Gasteiger partial charge in [0.2, 0.25) is 59.1 Å². The van der Waals surface area contributed by atoms with Crippen molar-refractivity contribution in [1.29, 1.82) is 0 Å². The van der Waals surface area contributed by atoms with Crippen LogP contribution in [-0.2, 0) is 60.8 Å². The summed E-state index contributed by atoms with van der Waals surface area (Å²) in [5.74, 6) is -6.90. The SMILES string of the molecule is CC(=O)NC1CCCC1C(=O)N[C@@H](CCCCN)C(=O)N[C@H](CC(=O)NC(C)(C)C(=O)N[C@H](CC(=O)N[C@@H](CCCN=C(N)N)C(=O)NC1CCCC1C(=O)N[C@@H](Cc1ccccc1)C(=O)NC1CNCC1C(N)=O)CC(C)C)Cc1cccc2ccccc12. The van der Waals surface area contributed by atoms with Crippen LogP contribution in [-0.4, -0.2) is 145 Å². The molecule has 3 aliphatic rings. The van der Waals surface area contributed by atoms with Crippen LogP contribution in [0.25, 0.3) is 10.8 Å². The smallest absolute Gasteiger partial charge is 0.245 e. The van der Waals surface area contributed by atoms with Gasteiger partial charge in [0.05, 0.1) is 23.8 Å². The van der Waals surface area contributed by atoms with E-state index < -0.39 is 113 Å². The van der Waals surface area contributed by atoms with Gasteiger partial charge < -0.3 is 76.1 Å². The number of carbonyl (C=O) groups is 10. The van der Waals surface area contributed by atoms with Crippen molar-refractivity contribution in [1.82, 2.24) is 53.2 Å². The van der Waals surface area contributed by atoms with E-state index in [0.717, 1.165) is 28.3 Å². The average Bonchev–Trinajstić information content (AvgIpc) is 1.57. The van der Waals surface area contributed by atoms with Gasteiger partial charge >= 0.3 is 0 Å². The third kappa shape index (κ3) is 22.1. The van der Waals surface area contributed by atoms with Gasteiger partial charge in [-0.1, -0.05) is 99.5 Å². The Kier molecular flexibility index (Phi) is 27.3. The summed E-state index contributed by atoms with van der Waals surface area (Å²) in [7, 11) is 0. The van der Waals surface area contributed by atoms with Crippen LogP contribution in [0.1, 0.15) is 136 Å². The molecule has 90 heavy (non-hydrogen) atoms. The topological polar surface area (TPSA) is 407 Å². The third-order valence-corrected chi connectivity index (χ3v) is 17.1. The maximum Gasteiger partial charge on any atom is 0.245 e. The number of primary amides is 1. The van der Waals surface area contributed by atoms with E-state index in [9.17, 15) is 47.9 Å². The molecule has 10 amide bonds. The van der Waals surface area contributed by atoms with Gasteiger partial charge in [-0.25, -0.2) is 0 Å². The average molecular weight is 1250 g/mol. The summed E-state index contributed by atoms with van der Waals surface area (Å²) in [6, 6.07) is 16.4. The summed E-state index contributed by atoms with van der Waals surface area (Å²) in [6.45, 7) is 9.49. The van der Waals surface area contributed by atoms with Crippen LogP contribution in [0.5, 0.6) is 0 Å². The first-order valence-electron chi connectivity index (χ1n) is 31.9. The van der Waals surface area contributed by atoms with Crippen molar-refractivity contribution < 1.29 is 47.9 Å². The highest BCUT2D eigenvalue weighted by molar-refractivity contribution is 5.94. The molecule has 1 aliphatic heterocycles. The summed E-state index contributed by atoms with van der Waals surface area (Å²) >= 11 is 0. The number of nitrogens with two attached hydrogens (primary N) is 4. The second-order valence-electron chi connectivity index (χ2n) is 25.4. The first kappa shape index (κ1) is 70.9. The van der Waals surface area contributed by atoms with Crippen molar-refractivity contribution in [3.63, 3.8) is 0 Å². The second-order valence-corrected chi connectivity index (χ2v) is 25.4. The number of guanidine groups is 1. The molecular formula is C65H97N15O10. The fraction of sp³-hybridized carbons (Fsp3) is 0.585. The first-order valence-corrected chi connectivity index (χ1v) is 31.9. The number of nitrogens with zero attached hydrogens (tertiary/aromatic N) is 1. The summed E-state index contributed by atoms with van der Waals surface area (Å²) in [6.07, 6.45) is 5.37. The lowest BCUT2D eigenvalue weighted by Gasteiger charge is -2.30. The Balaban J connectivity index is 1.12. The zero-order valence-electron chi connectivity index (χ0n) is 52.8. The fourth-order valence-corrected chi connectivity index (χ4v) is 12.5. The highest BCUT2D eigenvalue weighted by Gasteiger charge is 2.41. The van der Waals surface area contributed by atoms with Crippen LogP contribution in [0.15, 0.2) is 77.8 Å². The lowest BCUT2D eigenvalue weighted by atomic mass is 9.95. The van der Waals surface area contributed by atoms with E-state index in [1.807, 2.05) is 86.6 Å². The second kappa shape index (κ2) is 34.7. The number of benzene rings is 3. The summed E-state index contributed by atoms with van der Waals surface area (Å²) in [5.41, 5.74) is 22.8. The lowest BCUT2D eigenvalue weighted by Crippen LogP contribution is -2.58. The molecule has 1 saturated heterocycles. The Labute approximate surface area is 527 Å². The highest BCUT2D eigenvalue weighted by atomic mass is 16.2. The van der Waals surface area contributed by atoms with Gasteiger partial charge in [0.1, 0.15) is 23.7 Å². The molecule has 6 rings (SSSR count). The van der Waals surface area contributed by atoms with E-state index in [4.69, 9.17) is 22.9 Å². The number of carbonyl (C=O) groups excluding carboxylic acids is 10. The van der Waals surface area contributed by atoms with E-state index in [0.29, 0.717) is 71.0 Å². The van der Waals surface area contributed by atoms with Crippen LogP contribution in [0.2, 0.25) is 0 Å². The van der Waals surface area contributed by atoms with E-state index in [1.54, 1.807) is 0 Å². The molecule has 2 saturated carbocycles. The Hall–Kier alpha value is -8.19. The molecule has 0 aromatic heterocycles. The predicted octanol–water partition coefficient (Wildman–Crippen LogP) is 0.732. The van der Waals surface area contributed by atoms with Gasteiger partial charge in [-0.3, -0.25) is 52.9 Å². The number of aliphatic imine (C=N–C) groups is 1. The molecule has 11 atom stereocenters. The molecule has 25 heteroatoms. The van der Waals surface area contributed by atoms with Crippen molar-refractivity contribution in [2.45, 2.75) is 191 Å². The minimum atomic E-state index is -1.55. The number of rotatable bonds is 34. The Morgan fingerprint density at radius 2 is 1.20 bits per heavy atom. The number of unbranched alkanes of at least 4 members (excludes halogenated alkanes) is 1. The molecule has 1 heterocycles. The molecule has 3 fully saturated rings. The van der Waals surface area contributed by atoms with Gasteiger partial charge in [-0.05, 0) is 119 Å². The van der Waals surface area contributed by atoms with Gasteiger partial charge in [0.25, 0.3) is 0 Å². The standard InChI is InChI=1S/C65H97N15O10/c1-38(2)31-43(34-55(82)75-51(28-16-30-71-64(68)69)61(88)76-50-27-15-24-47(50)59(86)78-53(32-40-17-7-6-8-18-40)62(89)79-54-37-70-36-48(54)57(67)84)74-63(90)65(4,5)80-56(83)35-44(33-42-21-13-20-41-19-9-10-22-45(41)42)73-60(87)52(25-11-12-29-66)77-58(85)46-23-14-26-49(46)72-39(3)81/h6-10,13,17-22,38,43-44,46-54,70H,11-12,14-16,23-37,66H2,1-5H3,(H2,67,84)(H,72,81)(H,73,87)(H,74,90)(H,75,82)(H,76,88)(H,77,85)(H,78,86)(H,79,89)(H,80,83)(H4,68,69,71)/t43-,44-,46?,47?,48?,49?,50?,51-,52-,53-,54?/m0/s1. The molecule has 0 bridgehead atoms. The van der Waals surface area contributed by atoms with Crippen LogP contribution in [0.3, 0.4) is 0 Å². The van der Waals surface area contributed by atoms with Crippen molar-refractivity contribution in [2.24, 2.45) is 51.6 Å². The zero-order valence-corrected chi connectivity index (χ0v) is 52.8. The molecule has 2 aliphatic carbocycles. The Morgan fingerprint density at radius 3 is 1.86 bits per heavy atom. The van der Waals surface area contributed by atoms with Crippen molar-refractivity contribution in [2.75, 3.05) is 26.2 Å². The zero-order chi connectivity index (χ0) is 65.5. The maximum absolute atomic E-state index is 14.4. The van der Waals surface area contributed by atoms with E-state index in [2.05, 4.69) is 58.2 Å². The van der Waals surface area contributed by atoms with Crippen LogP contribution in [0, 0.1) is 23.7 Å². The summed E-state index contributed by atoms with van der Waals surface area (Å²) in [5, 5.41) is 31.4. The minimum Gasteiger partial charge on any atom is -0.370 e. The van der Waals surface area contributed by atoms with Gasteiger partial charge in [0.15, 0.2) is 5.96 Å². The number of hydrogen-bond acceptors (Lipinski definition) is 13. The molecule has 18 N–H and O–H groups in total. The molecule has 492 valence electrons. The first-order chi connectivity index (χ1) is 42.9. The van der Waals surface area contributed by atoms with Gasteiger partial charge in [-0.15, -0.1) is 0 Å². The Bertz CT molecular complexity index is 2990. The van der Waals surface area contributed by atoms with Crippen molar-refractivity contribution in [3.05, 3.63) is 83.9 Å². The number of fused-ring (bicyclic) bond motifs is 1. The highest BCUT2D eigenvalue weighted by Crippen LogP contribution is 2.29. The van der Waals surface area contributed by atoms with E-state index in [1.165, 1.54) is 20.8 Å².